The standard InChI is InChI=1S/C12H15N5O/c1-8-4-9(2)6-10(5-8)13-12(18)7-11-14-15-16-17(11)3/h4-6H,7H2,1-3H3,(H,13,18). The zero-order valence-corrected chi connectivity index (χ0v) is 10.6. The number of aromatic nitrogens is 4. The van der Waals surface area contributed by atoms with Crippen LogP contribution in [0.2, 0.25) is 0 Å². The molecular formula is C12H15N5O. The summed E-state index contributed by atoms with van der Waals surface area (Å²) < 4.78 is 1.49. The van der Waals surface area contributed by atoms with E-state index in [-0.39, 0.29) is 12.3 Å². The molecule has 0 saturated carbocycles. The van der Waals surface area contributed by atoms with Gasteiger partial charge in [-0.25, -0.2) is 4.68 Å². The van der Waals surface area contributed by atoms with Gasteiger partial charge in [0, 0.05) is 12.7 Å². The highest BCUT2D eigenvalue weighted by Crippen LogP contribution is 2.13. The van der Waals surface area contributed by atoms with Crippen LogP contribution >= 0.6 is 0 Å². The number of aryl methyl sites for hydroxylation is 3. The van der Waals surface area contributed by atoms with E-state index in [1.165, 1.54) is 4.68 Å². The van der Waals surface area contributed by atoms with E-state index in [4.69, 9.17) is 0 Å². The Morgan fingerprint density at radius 2 is 1.94 bits per heavy atom. The molecule has 1 aromatic heterocycles. The van der Waals surface area contributed by atoms with Gasteiger partial charge in [-0.15, -0.1) is 5.10 Å². The van der Waals surface area contributed by atoms with E-state index in [9.17, 15) is 4.79 Å². The van der Waals surface area contributed by atoms with Gasteiger partial charge >= 0.3 is 0 Å². The van der Waals surface area contributed by atoms with Crippen LogP contribution in [0.1, 0.15) is 17.0 Å². The summed E-state index contributed by atoms with van der Waals surface area (Å²) in [6.45, 7) is 3.99. The van der Waals surface area contributed by atoms with Crippen molar-refractivity contribution in [2.45, 2.75) is 20.3 Å². The number of hydrogen-bond acceptors (Lipinski definition) is 4. The minimum Gasteiger partial charge on any atom is -0.326 e. The second-order valence-electron chi connectivity index (χ2n) is 4.32. The Balaban J connectivity index is 2.05. The molecule has 0 saturated heterocycles. The van der Waals surface area contributed by atoms with Gasteiger partial charge < -0.3 is 5.32 Å². The molecule has 0 bridgehead atoms. The molecule has 0 unspecified atom stereocenters. The number of carbonyl (C=O) groups is 1. The fourth-order valence-electron chi connectivity index (χ4n) is 1.79. The van der Waals surface area contributed by atoms with Gasteiger partial charge in [-0.05, 0) is 47.5 Å². The Morgan fingerprint density at radius 3 is 2.50 bits per heavy atom. The predicted molar refractivity (Wildman–Crippen MR) is 67.0 cm³/mol. The molecule has 1 heterocycles. The molecule has 1 N–H and O–H groups in total. The van der Waals surface area contributed by atoms with Gasteiger partial charge in [0.25, 0.3) is 0 Å². The van der Waals surface area contributed by atoms with Crippen LogP contribution < -0.4 is 5.32 Å². The summed E-state index contributed by atoms with van der Waals surface area (Å²) in [4.78, 5) is 11.8. The first-order valence-corrected chi connectivity index (χ1v) is 5.64. The highest BCUT2D eigenvalue weighted by Gasteiger charge is 2.09. The van der Waals surface area contributed by atoms with E-state index in [0.717, 1.165) is 16.8 Å². The molecule has 0 aliphatic carbocycles. The number of nitrogens with one attached hydrogen (secondary N) is 1. The first-order valence-electron chi connectivity index (χ1n) is 5.64. The van der Waals surface area contributed by atoms with Crippen molar-refractivity contribution in [2.75, 3.05) is 5.32 Å². The lowest BCUT2D eigenvalue weighted by atomic mass is 10.1. The average molecular weight is 245 g/mol. The van der Waals surface area contributed by atoms with Crippen molar-refractivity contribution in [3.63, 3.8) is 0 Å². The largest absolute Gasteiger partial charge is 0.326 e. The van der Waals surface area contributed by atoms with Gasteiger partial charge in [0.2, 0.25) is 5.91 Å². The Labute approximate surface area is 105 Å². The molecule has 6 nitrogen and oxygen atoms in total. The number of amides is 1. The molecule has 0 spiro atoms. The lowest BCUT2D eigenvalue weighted by Crippen LogP contribution is -2.17. The molecule has 18 heavy (non-hydrogen) atoms. The summed E-state index contributed by atoms with van der Waals surface area (Å²) in [6, 6.07) is 5.92. The van der Waals surface area contributed by atoms with Crippen LogP contribution in [0.4, 0.5) is 5.69 Å². The summed E-state index contributed by atoms with van der Waals surface area (Å²) >= 11 is 0. The average Bonchev–Trinajstić information content (AvgIpc) is 2.62. The van der Waals surface area contributed by atoms with Crippen LogP contribution in [0.15, 0.2) is 18.2 Å². The van der Waals surface area contributed by atoms with Crippen LogP contribution in [0.5, 0.6) is 0 Å². The normalized spacial score (nSPS) is 10.4. The van der Waals surface area contributed by atoms with Crippen molar-refractivity contribution < 1.29 is 4.79 Å². The van der Waals surface area contributed by atoms with Crippen LogP contribution in [0, 0.1) is 13.8 Å². The van der Waals surface area contributed by atoms with Crippen LogP contribution in [-0.2, 0) is 18.3 Å². The molecule has 94 valence electrons. The van der Waals surface area contributed by atoms with Gasteiger partial charge in [0.1, 0.15) is 0 Å². The number of rotatable bonds is 3. The minimum absolute atomic E-state index is 0.127. The third-order valence-corrected chi connectivity index (χ3v) is 2.53. The van der Waals surface area contributed by atoms with Gasteiger partial charge in [-0.1, -0.05) is 6.07 Å². The molecule has 2 aromatic rings. The number of anilines is 1. The van der Waals surface area contributed by atoms with Crippen LogP contribution in [-0.4, -0.2) is 26.1 Å². The third kappa shape index (κ3) is 2.91. The van der Waals surface area contributed by atoms with Gasteiger partial charge in [0.15, 0.2) is 5.82 Å². The molecule has 0 aliphatic rings. The van der Waals surface area contributed by atoms with Gasteiger partial charge in [0.05, 0.1) is 6.42 Å². The Hall–Kier alpha value is -2.24. The van der Waals surface area contributed by atoms with Crippen molar-refractivity contribution >= 4 is 11.6 Å². The smallest absolute Gasteiger partial charge is 0.232 e. The first-order chi connectivity index (χ1) is 8.54. The SMILES string of the molecule is Cc1cc(C)cc(NC(=O)Cc2nnnn2C)c1. The lowest BCUT2D eigenvalue weighted by Gasteiger charge is -2.06. The van der Waals surface area contributed by atoms with Gasteiger partial charge in [-0.3, -0.25) is 4.79 Å². The second-order valence-corrected chi connectivity index (χ2v) is 4.32. The third-order valence-electron chi connectivity index (χ3n) is 2.53. The highest BCUT2D eigenvalue weighted by molar-refractivity contribution is 5.91. The van der Waals surface area contributed by atoms with E-state index >= 15 is 0 Å². The van der Waals surface area contributed by atoms with Crippen molar-refractivity contribution in [1.82, 2.24) is 20.2 Å². The maximum Gasteiger partial charge on any atom is 0.232 e. The summed E-state index contributed by atoms with van der Waals surface area (Å²) in [5.74, 6) is 0.412. The van der Waals surface area contributed by atoms with E-state index in [1.807, 2.05) is 26.0 Å². The Kier molecular flexibility index (Phi) is 3.36. The predicted octanol–water partition coefficient (Wildman–Crippen LogP) is 1.01. The quantitative estimate of drug-likeness (QED) is 0.875. The lowest BCUT2D eigenvalue weighted by molar-refractivity contribution is -0.115. The molecular weight excluding hydrogens is 230 g/mol. The van der Waals surface area contributed by atoms with E-state index in [1.54, 1.807) is 7.05 Å². The van der Waals surface area contributed by atoms with Crippen LogP contribution in [0.3, 0.4) is 0 Å². The molecule has 2 rings (SSSR count). The fourth-order valence-corrected chi connectivity index (χ4v) is 1.79. The number of tetrazole rings is 1. The highest BCUT2D eigenvalue weighted by atomic mass is 16.1. The Bertz CT molecular complexity index is 555. The zero-order chi connectivity index (χ0) is 13.1. The van der Waals surface area contributed by atoms with Crippen LogP contribution in [0.25, 0.3) is 0 Å². The van der Waals surface area contributed by atoms with Crippen molar-refractivity contribution in [2.24, 2.45) is 7.05 Å². The van der Waals surface area contributed by atoms with Crippen molar-refractivity contribution in [3.05, 3.63) is 35.2 Å². The maximum atomic E-state index is 11.8. The topological polar surface area (TPSA) is 72.7 Å². The zero-order valence-electron chi connectivity index (χ0n) is 10.6. The first kappa shape index (κ1) is 12.2. The molecule has 0 aliphatic heterocycles. The summed E-state index contributed by atoms with van der Waals surface area (Å²) in [5, 5.41) is 13.8. The number of carbonyl (C=O) groups excluding carboxylic acids is 1. The molecule has 0 atom stereocenters. The van der Waals surface area contributed by atoms with E-state index in [2.05, 4.69) is 26.9 Å². The molecule has 1 aromatic carbocycles. The van der Waals surface area contributed by atoms with Crippen molar-refractivity contribution in [3.8, 4) is 0 Å². The monoisotopic (exact) mass is 245 g/mol. The molecule has 1 amide bonds. The molecule has 0 fully saturated rings. The van der Waals surface area contributed by atoms with Crippen molar-refractivity contribution in [1.29, 1.82) is 0 Å². The number of benzene rings is 1. The fraction of sp³-hybridized carbons (Fsp3) is 0.333. The number of hydrogen-bond donors (Lipinski definition) is 1. The maximum absolute atomic E-state index is 11.8. The van der Waals surface area contributed by atoms with Gasteiger partial charge in [-0.2, -0.15) is 0 Å². The Morgan fingerprint density at radius 1 is 1.28 bits per heavy atom. The summed E-state index contributed by atoms with van der Waals surface area (Å²) in [7, 11) is 1.71. The second kappa shape index (κ2) is 4.95. The number of nitrogens with zero attached hydrogens (tertiary/aromatic N) is 4. The van der Waals surface area contributed by atoms with E-state index < -0.39 is 0 Å². The minimum atomic E-state index is -0.127. The molecule has 6 heteroatoms. The summed E-state index contributed by atoms with van der Waals surface area (Å²) in [5.41, 5.74) is 3.03. The molecule has 0 radical (unpaired) electrons. The van der Waals surface area contributed by atoms with E-state index in [0.29, 0.717) is 5.82 Å². The summed E-state index contributed by atoms with van der Waals surface area (Å²) in [6.07, 6.45) is 0.163.